The zero-order chi connectivity index (χ0) is 16.8. The van der Waals surface area contributed by atoms with Crippen LogP contribution < -0.4 is 5.32 Å². The molecule has 122 valence electrons. The smallest absolute Gasteiger partial charge is 0.389 e. The van der Waals surface area contributed by atoms with Gasteiger partial charge in [-0.25, -0.2) is 0 Å². The van der Waals surface area contributed by atoms with Gasteiger partial charge < -0.3 is 15.2 Å². The quantitative estimate of drug-likeness (QED) is 0.784. The second kappa shape index (κ2) is 8.17. The lowest BCUT2D eigenvalue weighted by Gasteiger charge is -2.13. The number of aliphatic hydroxyl groups is 1. The van der Waals surface area contributed by atoms with E-state index in [4.69, 9.17) is 11.6 Å². The van der Waals surface area contributed by atoms with Gasteiger partial charge in [0.25, 0.3) is 0 Å². The van der Waals surface area contributed by atoms with Crippen molar-refractivity contribution in [3.05, 3.63) is 40.9 Å². The van der Waals surface area contributed by atoms with Gasteiger partial charge in [-0.05, 0) is 17.7 Å². The van der Waals surface area contributed by atoms with Crippen molar-refractivity contribution < 1.29 is 27.8 Å². The van der Waals surface area contributed by atoms with Crippen molar-refractivity contribution in [2.75, 3.05) is 20.3 Å². The van der Waals surface area contributed by atoms with Crippen molar-refractivity contribution >= 4 is 23.1 Å². The molecular weight excluding hydrogens is 323 g/mol. The van der Waals surface area contributed by atoms with Crippen LogP contribution in [-0.4, -0.2) is 43.6 Å². The highest BCUT2D eigenvalue weighted by molar-refractivity contribution is 6.30. The molecule has 8 heteroatoms. The average molecular weight is 338 g/mol. The molecule has 0 aromatic heterocycles. The van der Waals surface area contributed by atoms with Crippen molar-refractivity contribution in [1.29, 1.82) is 0 Å². The molecule has 0 radical (unpaired) electrons. The predicted molar refractivity (Wildman–Crippen MR) is 76.4 cm³/mol. The Balaban J connectivity index is 2.88. The Morgan fingerprint density at radius 2 is 2.00 bits per heavy atom. The molecule has 1 aromatic carbocycles. The minimum absolute atomic E-state index is 0.0344. The fourth-order valence-electron chi connectivity index (χ4n) is 1.61. The van der Waals surface area contributed by atoms with E-state index < -0.39 is 23.8 Å². The van der Waals surface area contributed by atoms with Crippen LogP contribution in [0.25, 0.3) is 5.57 Å². The molecule has 0 spiro atoms. The number of hydrogen-bond acceptors (Lipinski definition) is 3. The first kappa shape index (κ1) is 18.5. The summed E-state index contributed by atoms with van der Waals surface area (Å²) in [6.07, 6.45) is -5.24. The third kappa shape index (κ3) is 6.05. The number of methoxy groups -OCH3 is 1. The van der Waals surface area contributed by atoms with Crippen molar-refractivity contribution in [2.45, 2.75) is 12.3 Å². The van der Waals surface area contributed by atoms with Gasteiger partial charge in [-0.2, -0.15) is 13.2 Å². The number of alkyl halides is 3. The van der Waals surface area contributed by atoms with Crippen molar-refractivity contribution in [3.63, 3.8) is 0 Å². The molecule has 0 heterocycles. The summed E-state index contributed by atoms with van der Waals surface area (Å²) in [4.78, 5) is 11.6. The monoisotopic (exact) mass is 337 g/mol. The Kier molecular flexibility index (Phi) is 6.86. The van der Waals surface area contributed by atoms with E-state index in [-0.39, 0.29) is 23.7 Å². The maximum absolute atomic E-state index is 13.0. The molecule has 1 amide bonds. The maximum Gasteiger partial charge on any atom is 0.417 e. The number of aliphatic hydroxyl groups excluding tert-OH is 1. The third-order valence-electron chi connectivity index (χ3n) is 2.61. The molecule has 0 bridgehead atoms. The van der Waals surface area contributed by atoms with E-state index in [9.17, 15) is 23.1 Å². The van der Waals surface area contributed by atoms with Crippen LogP contribution in [0.4, 0.5) is 13.2 Å². The first-order valence-electron chi connectivity index (χ1n) is 6.23. The summed E-state index contributed by atoms with van der Waals surface area (Å²) >= 11 is 5.63. The molecule has 1 atom stereocenters. The van der Waals surface area contributed by atoms with E-state index in [2.05, 4.69) is 10.1 Å². The lowest BCUT2D eigenvalue weighted by Crippen LogP contribution is -2.33. The van der Waals surface area contributed by atoms with Gasteiger partial charge in [-0.3, -0.25) is 4.79 Å². The van der Waals surface area contributed by atoms with Crippen molar-refractivity contribution in [3.8, 4) is 0 Å². The summed E-state index contributed by atoms with van der Waals surface area (Å²) < 4.78 is 43.7. The van der Waals surface area contributed by atoms with Crippen LogP contribution in [0.2, 0.25) is 5.02 Å². The molecule has 22 heavy (non-hydrogen) atoms. The molecule has 1 unspecified atom stereocenters. The number of ether oxygens (including phenoxy) is 1. The van der Waals surface area contributed by atoms with Gasteiger partial charge in [0.2, 0.25) is 5.91 Å². The van der Waals surface area contributed by atoms with Crippen LogP contribution in [0.1, 0.15) is 5.56 Å². The van der Waals surface area contributed by atoms with Crippen LogP contribution >= 0.6 is 11.6 Å². The fraction of sp³-hybridized carbons (Fsp3) is 0.357. The summed E-state index contributed by atoms with van der Waals surface area (Å²) in [5, 5.41) is 11.8. The molecule has 0 fully saturated rings. The standard InChI is InChI=1S/C14H15ClF3NO3/c1-22-8-11(20)7-19-13(21)6-12(14(16,17)18)9-2-4-10(15)5-3-9/h2-6,11,20H,7-8H2,1H3,(H,19,21)/b12-6-. The second-order valence-corrected chi connectivity index (χ2v) is 4.85. The zero-order valence-corrected chi connectivity index (χ0v) is 12.4. The molecule has 0 saturated carbocycles. The van der Waals surface area contributed by atoms with E-state index in [1.165, 1.54) is 31.4 Å². The topological polar surface area (TPSA) is 58.6 Å². The normalized spacial score (nSPS) is 13.8. The number of carbonyl (C=O) groups is 1. The van der Waals surface area contributed by atoms with E-state index >= 15 is 0 Å². The first-order valence-corrected chi connectivity index (χ1v) is 6.61. The number of rotatable bonds is 6. The zero-order valence-electron chi connectivity index (χ0n) is 11.7. The van der Waals surface area contributed by atoms with Crippen LogP contribution in [-0.2, 0) is 9.53 Å². The van der Waals surface area contributed by atoms with Gasteiger partial charge in [0, 0.05) is 24.8 Å². The first-order chi connectivity index (χ1) is 10.2. The van der Waals surface area contributed by atoms with E-state index in [1.807, 2.05) is 0 Å². The van der Waals surface area contributed by atoms with Gasteiger partial charge in [0.15, 0.2) is 0 Å². The van der Waals surface area contributed by atoms with Gasteiger partial charge >= 0.3 is 6.18 Å². The highest BCUT2D eigenvalue weighted by atomic mass is 35.5. The van der Waals surface area contributed by atoms with Crippen LogP contribution in [0.15, 0.2) is 30.3 Å². The highest BCUT2D eigenvalue weighted by Crippen LogP contribution is 2.34. The molecule has 0 saturated heterocycles. The Hall–Kier alpha value is -1.57. The summed E-state index contributed by atoms with van der Waals surface area (Å²) in [7, 11) is 1.35. The number of allylic oxidation sites excluding steroid dienone is 1. The van der Waals surface area contributed by atoms with Gasteiger partial charge in [0.1, 0.15) is 0 Å². The van der Waals surface area contributed by atoms with E-state index in [1.54, 1.807) is 0 Å². The lowest BCUT2D eigenvalue weighted by atomic mass is 10.1. The SMILES string of the molecule is COCC(O)CNC(=O)/C=C(/c1ccc(Cl)cc1)C(F)(F)F. The fourth-order valence-corrected chi connectivity index (χ4v) is 1.74. The number of hydrogen-bond donors (Lipinski definition) is 2. The molecular formula is C14H15ClF3NO3. The largest absolute Gasteiger partial charge is 0.417 e. The second-order valence-electron chi connectivity index (χ2n) is 4.42. The van der Waals surface area contributed by atoms with Crippen LogP contribution in [0, 0.1) is 0 Å². The van der Waals surface area contributed by atoms with Gasteiger partial charge in [-0.1, -0.05) is 23.7 Å². The van der Waals surface area contributed by atoms with Crippen molar-refractivity contribution in [1.82, 2.24) is 5.32 Å². The summed E-state index contributed by atoms with van der Waals surface area (Å²) in [5.41, 5.74) is -1.27. The minimum Gasteiger partial charge on any atom is -0.389 e. The van der Waals surface area contributed by atoms with Crippen molar-refractivity contribution in [2.24, 2.45) is 0 Å². The molecule has 1 rings (SSSR count). The summed E-state index contributed by atoms with van der Waals surface area (Å²) in [6.45, 7) is -0.248. The van der Waals surface area contributed by atoms with Gasteiger partial charge in [-0.15, -0.1) is 0 Å². The highest BCUT2D eigenvalue weighted by Gasteiger charge is 2.35. The number of nitrogens with one attached hydrogen (secondary N) is 1. The van der Waals surface area contributed by atoms with Gasteiger partial charge in [0.05, 0.1) is 18.3 Å². The number of halogens is 4. The molecule has 1 aromatic rings. The molecule has 0 aliphatic carbocycles. The summed E-state index contributed by atoms with van der Waals surface area (Å²) in [5.74, 6) is -0.961. The number of carbonyl (C=O) groups excluding carboxylic acids is 1. The Morgan fingerprint density at radius 1 is 1.41 bits per heavy atom. The van der Waals surface area contributed by atoms with E-state index in [0.29, 0.717) is 6.08 Å². The predicted octanol–water partition coefficient (Wildman–Crippen LogP) is 2.41. The lowest BCUT2D eigenvalue weighted by molar-refractivity contribution is -0.117. The molecule has 0 aliphatic rings. The van der Waals surface area contributed by atoms with E-state index in [0.717, 1.165) is 0 Å². The Labute approximate surface area is 130 Å². The van der Waals surface area contributed by atoms with Crippen LogP contribution in [0.3, 0.4) is 0 Å². The summed E-state index contributed by atoms with van der Waals surface area (Å²) in [6, 6.07) is 4.96. The number of benzene rings is 1. The third-order valence-corrected chi connectivity index (χ3v) is 2.86. The average Bonchev–Trinajstić information content (AvgIpc) is 2.43. The Bertz CT molecular complexity index is 529. The molecule has 0 aliphatic heterocycles. The van der Waals surface area contributed by atoms with Crippen LogP contribution in [0.5, 0.6) is 0 Å². The molecule has 4 nitrogen and oxygen atoms in total. The molecule has 2 N–H and O–H groups in total. The number of amides is 1. The Morgan fingerprint density at radius 3 is 2.50 bits per heavy atom. The maximum atomic E-state index is 13.0. The minimum atomic E-state index is -4.70.